The third-order valence-corrected chi connectivity index (χ3v) is 4.77. The molecule has 150 valence electrons. The van der Waals surface area contributed by atoms with E-state index in [2.05, 4.69) is 20.2 Å². The third-order valence-electron chi connectivity index (χ3n) is 4.77. The number of anilines is 3. The van der Waals surface area contributed by atoms with Crippen molar-refractivity contribution in [3.63, 3.8) is 0 Å². The Labute approximate surface area is 169 Å². The fourth-order valence-corrected chi connectivity index (χ4v) is 3.27. The zero-order valence-electron chi connectivity index (χ0n) is 16.5. The van der Waals surface area contributed by atoms with E-state index in [1.54, 1.807) is 24.1 Å². The Morgan fingerprint density at radius 3 is 2.66 bits per heavy atom. The number of amides is 1. The van der Waals surface area contributed by atoms with Crippen LogP contribution in [0.3, 0.4) is 0 Å². The van der Waals surface area contributed by atoms with Crippen LogP contribution in [0.2, 0.25) is 0 Å². The van der Waals surface area contributed by atoms with E-state index in [1.165, 1.54) is 6.26 Å². The van der Waals surface area contributed by atoms with Gasteiger partial charge in [-0.25, -0.2) is 4.98 Å². The molecule has 1 amide bonds. The molecule has 0 spiro atoms. The molecule has 3 aromatic rings. The molecule has 3 heterocycles. The molecule has 0 bridgehead atoms. The van der Waals surface area contributed by atoms with Crippen LogP contribution in [-0.2, 0) is 0 Å². The number of aryl methyl sites for hydroxylation is 1. The van der Waals surface area contributed by atoms with Crippen molar-refractivity contribution in [3.05, 3.63) is 60.2 Å². The smallest absolute Gasteiger partial charge is 0.289 e. The molecule has 1 aliphatic rings. The second-order valence-electron chi connectivity index (χ2n) is 6.81. The van der Waals surface area contributed by atoms with Gasteiger partial charge < -0.3 is 24.3 Å². The standard InChI is InChI=1S/C21H23N5O3/c1-15-13-19(23-16-5-3-6-17(14-16)28-2)24-21(22-15)26-10-8-25(9-11-26)20(27)18-7-4-12-29-18/h3-7,12-14H,8-11H2,1-2H3,(H,22,23,24). The highest BCUT2D eigenvalue weighted by Crippen LogP contribution is 2.22. The number of nitrogens with one attached hydrogen (secondary N) is 1. The van der Waals surface area contributed by atoms with Gasteiger partial charge in [-0.3, -0.25) is 4.79 Å². The second kappa shape index (κ2) is 8.22. The van der Waals surface area contributed by atoms with E-state index in [9.17, 15) is 4.79 Å². The van der Waals surface area contributed by atoms with Crippen LogP contribution in [0.15, 0.2) is 53.1 Å². The van der Waals surface area contributed by atoms with Crippen molar-refractivity contribution in [1.82, 2.24) is 14.9 Å². The van der Waals surface area contributed by atoms with Gasteiger partial charge in [-0.05, 0) is 31.2 Å². The molecule has 1 saturated heterocycles. The van der Waals surface area contributed by atoms with Crippen molar-refractivity contribution in [2.75, 3.05) is 43.5 Å². The number of nitrogens with zero attached hydrogens (tertiary/aromatic N) is 4. The molecule has 1 aromatic carbocycles. The summed E-state index contributed by atoms with van der Waals surface area (Å²) in [5.74, 6) is 2.43. The van der Waals surface area contributed by atoms with Crippen LogP contribution in [0.5, 0.6) is 5.75 Å². The summed E-state index contributed by atoms with van der Waals surface area (Å²) in [7, 11) is 1.64. The first-order chi connectivity index (χ1) is 14.1. The lowest BCUT2D eigenvalue weighted by Crippen LogP contribution is -2.49. The first-order valence-corrected chi connectivity index (χ1v) is 9.47. The predicted molar refractivity (Wildman–Crippen MR) is 110 cm³/mol. The molecule has 8 nitrogen and oxygen atoms in total. The van der Waals surface area contributed by atoms with Crippen molar-refractivity contribution in [1.29, 1.82) is 0 Å². The van der Waals surface area contributed by atoms with Gasteiger partial charge >= 0.3 is 0 Å². The number of furan rings is 1. The lowest BCUT2D eigenvalue weighted by molar-refractivity contribution is 0.0714. The molecule has 29 heavy (non-hydrogen) atoms. The molecule has 0 radical (unpaired) electrons. The Kier molecular flexibility index (Phi) is 5.33. The number of ether oxygens (including phenoxy) is 1. The highest BCUT2D eigenvalue weighted by molar-refractivity contribution is 5.91. The lowest BCUT2D eigenvalue weighted by atomic mass is 10.3. The maximum absolute atomic E-state index is 12.4. The van der Waals surface area contributed by atoms with Gasteiger partial charge in [-0.1, -0.05) is 6.07 Å². The summed E-state index contributed by atoms with van der Waals surface area (Å²) in [5.41, 5.74) is 1.76. The molecule has 4 rings (SSSR count). The molecule has 0 aliphatic carbocycles. The minimum atomic E-state index is -0.0832. The summed E-state index contributed by atoms with van der Waals surface area (Å²) in [5, 5.41) is 3.31. The largest absolute Gasteiger partial charge is 0.497 e. The van der Waals surface area contributed by atoms with Crippen LogP contribution in [-0.4, -0.2) is 54.1 Å². The fraction of sp³-hybridized carbons (Fsp3) is 0.286. The van der Waals surface area contributed by atoms with E-state index in [-0.39, 0.29) is 5.91 Å². The van der Waals surface area contributed by atoms with Gasteiger partial charge in [-0.15, -0.1) is 0 Å². The fourth-order valence-electron chi connectivity index (χ4n) is 3.27. The summed E-state index contributed by atoms with van der Waals surface area (Å²) >= 11 is 0. The number of benzene rings is 1. The number of hydrogen-bond donors (Lipinski definition) is 1. The predicted octanol–water partition coefficient (Wildman–Crippen LogP) is 3.09. The Bertz CT molecular complexity index is 982. The molecule has 0 unspecified atom stereocenters. The zero-order chi connectivity index (χ0) is 20.2. The average molecular weight is 393 g/mol. The van der Waals surface area contributed by atoms with E-state index in [0.717, 1.165) is 22.9 Å². The summed E-state index contributed by atoms with van der Waals surface area (Å²) in [4.78, 5) is 25.6. The van der Waals surface area contributed by atoms with E-state index in [0.29, 0.717) is 37.9 Å². The maximum atomic E-state index is 12.4. The minimum absolute atomic E-state index is 0.0832. The van der Waals surface area contributed by atoms with Gasteiger partial charge in [-0.2, -0.15) is 4.98 Å². The molecule has 1 fully saturated rings. The molecular formula is C21H23N5O3. The van der Waals surface area contributed by atoms with E-state index >= 15 is 0 Å². The topological polar surface area (TPSA) is 83.7 Å². The third kappa shape index (κ3) is 4.31. The van der Waals surface area contributed by atoms with Crippen molar-refractivity contribution in [2.24, 2.45) is 0 Å². The number of aromatic nitrogens is 2. The number of carbonyl (C=O) groups excluding carboxylic acids is 1. The molecule has 0 atom stereocenters. The molecule has 1 aliphatic heterocycles. The monoisotopic (exact) mass is 393 g/mol. The number of methoxy groups -OCH3 is 1. The van der Waals surface area contributed by atoms with E-state index < -0.39 is 0 Å². The molecular weight excluding hydrogens is 370 g/mol. The van der Waals surface area contributed by atoms with Crippen molar-refractivity contribution < 1.29 is 13.9 Å². The van der Waals surface area contributed by atoms with Gasteiger partial charge in [0.2, 0.25) is 5.95 Å². The van der Waals surface area contributed by atoms with E-state index in [4.69, 9.17) is 9.15 Å². The van der Waals surface area contributed by atoms with Gasteiger partial charge in [0, 0.05) is 49.7 Å². The van der Waals surface area contributed by atoms with Gasteiger partial charge in [0.15, 0.2) is 5.76 Å². The Balaban J connectivity index is 1.44. The normalized spacial score (nSPS) is 14.0. The number of carbonyl (C=O) groups is 1. The maximum Gasteiger partial charge on any atom is 0.289 e. The van der Waals surface area contributed by atoms with Gasteiger partial charge in [0.05, 0.1) is 13.4 Å². The summed E-state index contributed by atoms with van der Waals surface area (Å²) in [6.45, 7) is 4.45. The van der Waals surface area contributed by atoms with Gasteiger partial charge in [0.1, 0.15) is 11.6 Å². The Hall–Kier alpha value is -3.55. The number of piperazine rings is 1. The first-order valence-electron chi connectivity index (χ1n) is 9.47. The Morgan fingerprint density at radius 2 is 1.93 bits per heavy atom. The van der Waals surface area contributed by atoms with Crippen LogP contribution in [0.4, 0.5) is 17.5 Å². The number of rotatable bonds is 5. The highest BCUT2D eigenvalue weighted by Gasteiger charge is 2.25. The first kappa shape index (κ1) is 18.8. The highest BCUT2D eigenvalue weighted by atomic mass is 16.5. The van der Waals surface area contributed by atoms with Crippen LogP contribution >= 0.6 is 0 Å². The zero-order valence-corrected chi connectivity index (χ0v) is 16.5. The van der Waals surface area contributed by atoms with Gasteiger partial charge in [0.25, 0.3) is 5.91 Å². The minimum Gasteiger partial charge on any atom is -0.497 e. The van der Waals surface area contributed by atoms with Crippen LogP contribution < -0.4 is 15.0 Å². The van der Waals surface area contributed by atoms with Crippen molar-refractivity contribution in [2.45, 2.75) is 6.92 Å². The molecule has 2 aromatic heterocycles. The molecule has 0 saturated carbocycles. The van der Waals surface area contributed by atoms with Crippen LogP contribution in [0, 0.1) is 6.92 Å². The van der Waals surface area contributed by atoms with Crippen molar-refractivity contribution in [3.8, 4) is 5.75 Å². The second-order valence-corrected chi connectivity index (χ2v) is 6.81. The molecule has 1 N–H and O–H groups in total. The number of hydrogen-bond acceptors (Lipinski definition) is 7. The quantitative estimate of drug-likeness (QED) is 0.713. The lowest BCUT2D eigenvalue weighted by Gasteiger charge is -2.34. The van der Waals surface area contributed by atoms with Crippen molar-refractivity contribution >= 4 is 23.4 Å². The summed E-state index contributed by atoms with van der Waals surface area (Å²) < 4.78 is 10.5. The van der Waals surface area contributed by atoms with Crippen LogP contribution in [0.1, 0.15) is 16.2 Å². The Morgan fingerprint density at radius 1 is 1.10 bits per heavy atom. The summed E-state index contributed by atoms with van der Waals surface area (Å²) in [6.07, 6.45) is 1.51. The van der Waals surface area contributed by atoms with Crippen LogP contribution in [0.25, 0.3) is 0 Å². The SMILES string of the molecule is COc1cccc(Nc2cc(C)nc(N3CCN(C(=O)c4ccco4)CC3)n2)c1. The molecule has 8 heteroatoms. The average Bonchev–Trinajstić information content (AvgIpc) is 3.28. The van der Waals surface area contributed by atoms with E-state index in [1.807, 2.05) is 37.3 Å². The summed E-state index contributed by atoms with van der Waals surface area (Å²) in [6, 6.07) is 13.0.